The lowest BCUT2D eigenvalue weighted by molar-refractivity contribution is 0.0935. The molecule has 0 bridgehead atoms. The standard InChI is InChI=1S/C17H18F2N2O2/c1-11-6-14(16(19)8-15(11)18)17(23)21-9-12(10-22)7-13-4-2-3-5-20-13/h2-6,8,12,22H,7,9-10H2,1H3,(H,21,23). The summed E-state index contributed by atoms with van der Waals surface area (Å²) in [5.74, 6) is -2.47. The van der Waals surface area contributed by atoms with Gasteiger partial charge in [-0.25, -0.2) is 8.78 Å². The Morgan fingerprint density at radius 1 is 1.30 bits per heavy atom. The minimum atomic E-state index is -0.907. The number of carbonyl (C=O) groups excluding carboxylic acids is 1. The first-order chi connectivity index (χ1) is 11.0. The molecule has 1 heterocycles. The largest absolute Gasteiger partial charge is 0.396 e. The highest BCUT2D eigenvalue weighted by Crippen LogP contribution is 2.14. The Labute approximate surface area is 133 Å². The number of aromatic nitrogens is 1. The molecule has 6 heteroatoms. The molecule has 23 heavy (non-hydrogen) atoms. The van der Waals surface area contributed by atoms with Gasteiger partial charge in [-0.2, -0.15) is 0 Å². The Kier molecular flexibility index (Phi) is 5.76. The van der Waals surface area contributed by atoms with Crippen LogP contribution in [0.15, 0.2) is 36.5 Å². The molecule has 122 valence electrons. The Morgan fingerprint density at radius 3 is 2.74 bits per heavy atom. The normalized spacial score (nSPS) is 12.0. The van der Waals surface area contributed by atoms with Gasteiger partial charge < -0.3 is 10.4 Å². The van der Waals surface area contributed by atoms with E-state index in [1.807, 2.05) is 12.1 Å². The highest BCUT2D eigenvalue weighted by molar-refractivity contribution is 5.94. The zero-order chi connectivity index (χ0) is 16.8. The maximum atomic E-state index is 13.7. The number of aliphatic hydroxyl groups is 1. The van der Waals surface area contributed by atoms with Gasteiger partial charge in [-0.3, -0.25) is 9.78 Å². The van der Waals surface area contributed by atoms with Gasteiger partial charge in [0.15, 0.2) is 0 Å². The molecule has 0 radical (unpaired) electrons. The quantitative estimate of drug-likeness (QED) is 0.858. The molecule has 1 amide bonds. The summed E-state index contributed by atoms with van der Waals surface area (Å²) in [6.45, 7) is 1.49. The summed E-state index contributed by atoms with van der Waals surface area (Å²) in [4.78, 5) is 16.2. The van der Waals surface area contributed by atoms with Gasteiger partial charge >= 0.3 is 0 Å². The molecule has 1 aromatic heterocycles. The zero-order valence-corrected chi connectivity index (χ0v) is 12.7. The van der Waals surface area contributed by atoms with Crippen LogP contribution in [0.2, 0.25) is 0 Å². The van der Waals surface area contributed by atoms with Gasteiger partial charge in [-0.05, 0) is 37.1 Å². The second kappa shape index (κ2) is 7.78. The lowest BCUT2D eigenvalue weighted by Crippen LogP contribution is -2.32. The van der Waals surface area contributed by atoms with E-state index in [1.54, 1.807) is 12.3 Å². The van der Waals surface area contributed by atoms with Gasteiger partial charge in [0.1, 0.15) is 11.6 Å². The number of halogens is 2. The minimum Gasteiger partial charge on any atom is -0.396 e. The first-order valence-electron chi connectivity index (χ1n) is 7.26. The van der Waals surface area contributed by atoms with Gasteiger partial charge in [-0.1, -0.05) is 6.07 Å². The Hall–Kier alpha value is -2.34. The summed E-state index contributed by atoms with van der Waals surface area (Å²) >= 11 is 0. The van der Waals surface area contributed by atoms with Crippen LogP contribution < -0.4 is 5.32 Å². The van der Waals surface area contributed by atoms with E-state index in [1.165, 1.54) is 13.0 Å². The fourth-order valence-corrected chi connectivity index (χ4v) is 2.18. The van der Waals surface area contributed by atoms with Crippen molar-refractivity contribution in [2.75, 3.05) is 13.2 Å². The third-order valence-electron chi connectivity index (χ3n) is 3.53. The van der Waals surface area contributed by atoms with Crippen LogP contribution in [-0.2, 0) is 6.42 Å². The predicted octanol–water partition coefficient (Wildman–Crippen LogP) is 2.25. The average Bonchev–Trinajstić information content (AvgIpc) is 2.55. The number of amides is 1. The van der Waals surface area contributed by atoms with Crippen molar-refractivity contribution in [3.63, 3.8) is 0 Å². The van der Waals surface area contributed by atoms with E-state index < -0.39 is 17.5 Å². The summed E-state index contributed by atoms with van der Waals surface area (Å²) in [5, 5.41) is 12.0. The van der Waals surface area contributed by atoms with E-state index in [0.29, 0.717) is 12.5 Å². The number of carbonyl (C=O) groups is 1. The molecular formula is C17H18F2N2O2. The van der Waals surface area contributed by atoms with Gasteiger partial charge in [0.05, 0.1) is 5.56 Å². The first-order valence-corrected chi connectivity index (χ1v) is 7.26. The lowest BCUT2D eigenvalue weighted by atomic mass is 10.0. The number of pyridine rings is 1. The Morgan fingerprint density at radius 2 is 2.09 bits per heavy atom. The molecular weight excluding hydrogens is 302 g/mol. The number of aryl methyl sites for hydroxylation is 1. The first kappa shape index (κ1) is 17.0. The average molecular weight is 320 g/mol. The van der Waals surface area contributed by atoms with Crippen molar-refractivity contribution < 1.29 is 18.7 Å². The maximum Gasteiger partial charge on any atom is 0.254 e. The highest BCUT2D eigenvalue weighted by atomic mass is 19.1. The smallest absolute Gasteiger partial charge is 0.254 e. The lowest BCUT2D eigenvalue weighted by Gasteiger charge is -2.15. The third-order valence-corrected chi connectivity index (χ3v) is 3.53. The van der Waals surface area contributed by atoms with Crippen molar-refractivity contribution in [2.45, 2.75) is 13.3 Å². The molecule has 4 nitrogen and oxygen atoms in total. The van der Waals surface area contributed by atoms with E-state index >= 15 is 0 Å². The van der Waals surface area contributed by atoms with Crippen LogP contribution >= 0.6 is 0 Å². The molecule has 0 aliphatic carbocycles. The molecule has 0 aliphatic heterocycles. The molecule has 0 saturated carbocycles. The molecule has 1 unspecified atom stereocenters. The van der Waals surface area contributed by atoms with Crippen molar-refractivity contribution in [3.05, 3.63) is 65.0 Å². The zero-order valence-electron chi connectivity index (χ0n) is 12.7. The van der Waals surface area contributed by atoms with E-state index in [9.17, 15) is 18.7 Å². The number of nitrogens with zero attached hydrogens (tertiary/aromatic N) is 1. The molecule has 0 fully saturated rings. The number of nitrogens with one attached hydrogen (secondary N) is 1. The Balaban J connectivity index is 1.98. The van der Waals surface area contributed by atoms with Crippen LogP contribution in [0.25, 0.3) is 0 Å². The summed E-state index contributed by atoms with van der Waals surface area (Å²) in [5.41, 5.74) is 0.784. The predicted molar refractivity (Wildman–Crippen MR) is 81.9 cm³/mol. The minimum absolute atomic E-state index is 0.137. The molecule has 0 spiro atoms. The molecule has 1 atom stereocenters. The second-order valence-electron chi connectivity index (χ2n) is 5.37. The summed E-state index contributed by atoms with van der Waals surface area (Å²) < 4.78 is 26.9. The van der Waals surface area contributed by atoms with Crippen molar-refractivity contribution in [1.82, 2.24) is 10.3 Å². The monoisotopic (exact) mass is 320 g/mol. The number of hydrogen-bond donors (Lipinski definition) is 2. The van der Waals surface area contributed by atoms with Crippen molar-refractivity contribution >= 4 is 5.91 Å². The Bertz CT molecular complexity index is 678. The van der Waals surface area contributed by atoms with E-state index in [4.69, 9.17) is 0 Å². The van der Waals surface area contributed by atoms with Crippen molar-refractivity contribution in [1.29, 1.82) is 0 Å². The summed E-state index contributed by atoms with van der Waals surface area (Å²) in [6.07, 6.45) is 2.14. The maximum absolute atomic E-state index is 13.7. The van der Waals surface area contributed by atoms with Crippen molar-refractivity contribution in [2.24, 2.45) is 5.92 Å². The molecule has 2 N–H and O–H groups in total. The van der Waals surface area contributed by atoms with Crippen LogP contribution in [-0.4, -0.2) is 29.1 Å². The molecule has 2 aromatic rings. The van der Waals surface area contributed by atoms with Gasteiger partial charge in [0.2, 0.25) is 0 Å². The van der Waals surface area contributed by atoms with Crippen LogP contribution in [0.1, 0.15) is 21.6 Å². The van der Waals surface area contributed by atoms with E-state index in [0.717, 1.165) is 5.69 Å². The number of rotatable bonds is 6. The fourth-order valence-electron chi connectivity index (χ4n) is 2.18. The SMILES string of the molecule is Cc1cc(C(=O)NCC(CO)Cc2ccccn2)c(F)cc1F. The third kappa shape index (κ3) is 4.56. The van der Waals surface area contributed by atoms with Crippen LogP contribution in [0, 0.1) is 24.5 Å². The summed E-state index contributed by atoms with van der Waals surface area (Å²) in [7, 11) is 0. The second-order valence-corrected chi connectivity index (χ2v) is 5.37. The molecule has 0 saturated heterocycles. The number of aliphatic hydroxyl groups excluding tert-OH is 1. The fraction of sp³-hybridized carbons (Fsp3) is 0.294. The van der Waals surface area contributed by atoms with Crippen molar-refractivity contribution in [3.8, 4) is 0 Å². The van der Waals surface area contributed by atoms with Gasteiger partial charge in [0, 0.05) is 37.0 Å². The molecule has 1 aromatic carbocycles. The topological polar surface area (TPSA) is 62.2 Å². The van der Waals surface area contributed by atoms with E-state index in [2.05, 4.69) is 10.3 Å². The number of hydrogen-bond acceptors (Lipinski definition) is 3. The van der Waals surface area contributed by atoms with Crippen LogP contribution in [0.5, 0.6) is 0 Å². The van der Waals surface area contributed by atoms with Gasteiger partial charge in [-0.15, -0.1) is 0 Å². The molecule has 0 aliphatic rings. The number of benzene rings is 1. The van der Waals surface area contributed by atoms with E-state index in [-0.39, 0.29) is 30.2 Å². The van der Waals surface area contributed by atoms with Gasteiger partial charge in [0.25, 0.3) is 5.91 Å². The summed E-state index contributed by atoms with van der Waals surface area (Å²) in [6, 6.07) is 7.33. The van der Waals surface area contributed by atoms with Crippen LogP contribution in [0.4, 0.5) is 8.78 Å². The van der Waals surface area contributed by atoms with Crippen LogP contribution in [0.3, 0.4) is 0 Å². The highest BCUT2D eigenvalue weighted by Gasteiger charge is 2.16. The molecule has 2 rings (SSSR count).